The zero-order chi connectivity index (χ0) is 16.7. The number of ether oxygens (including phenoxy) is 2. The second-order valence-electron chi connectivity index (χ2n) is 4.73. The van der Waals surface area contributed by atoms with E-state index in [0.29, 0.717) is 11.4 Å². The molecule has 0 heterocycles. The van der Waals surface area contributed by atoms with Crippen LogP contribution in [0, 0.1) is 5.82 Å². The first kappa shape index (κ1) is 16.5. The van der Waals surface area contributed by atoms with Crippen LogP contribution in [-0.4, -0.2) is 24.6 Å². The third kappa shape index (κ3) is 5.43. The quantitative estimate of drug-likeness (QED) is 0.832. The SMILES string of the molecule is C[C@@H](OC(=O)COc1ccccc1)C(=O)Nc1ccc(F)cc1. The summed E-state index contributed by atoms with van der Waals surface area (Å²) in [7, 11) is 0. The number of nitrogens with one attached hydrogen (secondary N) is 1. The Balaban J connectivity index is 1.78. The van der Waals surface area contributed by atoms with Crippen molar-refractivity contribution in [2.75, 3.05) is 11.9 Å². The van der Waals surface area contributed by atoms with Gasteiger partial charge in [-0.15, -0.1) is 0 Å². The fourth-order valence-corrected chi connectivity index (χ4v) is 1.72. The van der Waals surface area contributed by atoms with Crippen molar-refractivity contribution in [3.05, 3.63) is 60.4 Å². The number of rotatable bonds is 6. The summed E-state index contributed by atoms with van der Waals surface area (Å²) >= 11 is 0. The number of para-hydroxylation sites is 1. The molecule has 2 aromatic carbocycles. The Labute approximate surface area is 133 Å². The van der Waals surface area contributed by atoms with Gasteiger partial charge in [-0.2, -0.15) is 0 Å². The van der Waals surface area contributed by atoms with Gasteiger partial charge in [0.25, 0.3) is 5.91 Å². The Bertz CT molecular complexity index is 658. The van der Waals surface area contributed by atoms with Gasteiger partial charge >= 0.3 is 5.97 Å². The third-order valence-electron chi connectivity index (χ3n) is 2.89. The Morgan fingerprint density at radius 2 is 1.74 bits per heavy atom. The molecule has 0 bridgehead atoms. The molecule has 1 N–H and O–H groups in total. The molecule has 0 saturated heterocycles. The molecule has 0 aliphatic carbocycles. The minimum Gasteiger partial charge on any atom is -0.482 e. The first-order valence-electron chi connectivity index (χ1n) is 6.98. The number of amides is 1. The first-order valence-corrected chi connectivity index (χ1v) is 6.98. The molecular weight excluding hydrogens is 301 g/mol. The standard InChI is InChI=1S/C17H16FNO4/c1-12(17(21)19-14-9-7-13(18)8-10-14)23-16(20)11-22-15-5-3-2-4-6-15/h2-10,12H,11H2,1H3,(H,19,21)/t12-/m1/s1. The van der Waals surface area contributed by atoms with Gasteiger partial charge in [-0.3, -0.25) is 4.79 Å². The Kier molecular flexibility index (Phi) is 5.68. The minimum absolute atomic E-state index is 0.293. The summed E-state index contributed by atoms with van der Waals surface area (Å²) in [6.07, 6.45) is -0.994. The van der Waals surface area contributed by atoms with Gasteiger partial charge < -0.3 is 14.8 Å². The van der Waals surface area contributed by atoms with Gasteiger partial charge in [0.1, 0.15) is 11.6 Å². The van der Waals surface area contributed by atoms with Gasteiger partial charge in [0.2, 0.25) is 0 Å². The lowest BCUT2D eigenvalue weighted by Crippen LogP contribution is -2.31. The van der Waals surface area contributed by atoms with Crippen molar-refractivity contribution in [2.45, 2.75) is 13.0 Å². The first-order chi connectivity index (χ1) is 11.0. The molecule has 2 aromatic rings. The Hall–Kier alpha value is -2.89. The number of carbonyl (C=O) groups is 2. The molecule has 0 radical (unpaired) electrons. The molecule has 0 aromatic heterocycles. The third-order valence-corrected chi connectivity index (χ3v) is 2.89. The smallest absolute Gasteiger partial charge is 0.344 e. The van der Waals surface area contributed by atoms with E-state index in [-0.39, 0.29) is 6.61 Å². The van der Waals surface area contributed by atoms with E-state index < -0.39 is 23.8 Å². The van der Waals surface area contributed by atoms with Crippen LogP contribution in [0.4, 0.5) is 10.1 Å². The molecule has 2 rings (SSSR count). The van der Waals surface area contributed by atoms with E-state index in [1.165, 1.54) is 31.2 Å². The highest BCUT2D eigenvalue weighted by molar-refractivity contribution is 5.95. The molecule has 0 spiro atoms. The van der Waals surface area contributed by atoms with Gasteiger partial charge in [0.05, 0.1) is 0 Å². The van der Waals surface area contributed by atoms with E-state index >= 15 is 0 Å². The highest BCUT2D eigenvalue weighted by atomic mass is 19.1. The summed E-state index contributed by atoms with van der Waals surface area (Å²) in [6, 6.07) is 14.1. The average Bonchev–Trinajstić information content (AvgIpc) is 2.56. The molecule has 0 saturated carbocycles. The van der Waals surface area contributed by atoms with Crippen molar-refractivity contribution >= 4 is 17.6 Å². The summed E-state index contributed by atoms with van der Waals surface area (Å²) in [6.45, 7) is 1.15. The lowest BCUT2D eigenvalue weighted by atomic mass is 10.3. The van der Waals surface area contributed by atoms with Crippen LogP contribution in [0.2, 0.25) is 0 Å². The molecule has 23 heavy (non-hydrogen) atoms. The van der Waals surface area contributed by atoms with Crippen molar-refractivity contribution in [3.63, 3.8) is 0 Å². The largest absolute Gasteiger partial charge is 0.482 e. The molecule has 5 nitrogen and oxygen atoms in total. The van der Waals surface area contributed by atoms with Crippen LogP contribution in [0.1, 0.15) is 6.92 Å². The Morgan fingerprint density at radius 1 is 1.09 bits per heavy atom. The molecule has 6 heteroatoms. The van der Waals surface area contributed by atoms with Crippen molar-refractivity contribution in [1.29, 1.82) is 0 Å². The lowest BCUT2D eigenvalue weighted by Gasteiger charge is -2.14. The van der Waals surface area contributed by atoms with Crippen LogP contribution >= 0.6 is 0 Å². The maximum absolute atomic E-state index is 12.8. The molecule has 1 amide bonds. The highest BCUT2D eigenvalue weighted by Crippen LogP contribution is 2.10. The monoisotopic (exact) mass is 317 g/mol. The number of halogens is 1. The summed E-state index contributed by atoms with van der Waals surface area (Å²) < 4.78 is 23.0. The van der Waals surface area contributed by atoms with Crippen LogP contribution in [0.3, 0.4) is 0 Å². The zero-order valence-electron chi connectivity index (χ0n) is 12.5. The van der Waals surface area contributed by atoms with Crippen molar-refractivity contribution in [3.8, 4) is 5.75 Å². The van der Waals surface area contributed by atoms with Gasteiger partial charge in [0, 0.05) is 5.69 Å². The van der Waals surface area contributed by atoms with Gasteiger partial charge in [-0.25, -0.2) is 9.18 Å². The number of benzene rings is 2. The molecule has 1 atom stereocenters. The minimum atomic E-state index is -0.994. The average molecular weight is 317 g/mol. The number of esters is 1. The second kappa shape index (κ2) is 7.93. The maximum atomic E-state index is 12.8. The van der Waals surface area contributed by atoms with E-state index in [9.17, 15) is 14.0 Å². The van der Waals surface area contributed by atoms with E-state index in [4.69, 9.17) is 9.47 Å². The molecule has 0 aliphatic rings. The fourth-order valence-electron chi connectivity index (χ4n) is 1.72. The molecular formula is C17H16FNO4. The Morgan fingerprint density at radius 3 is 2.39 bits per heavy atom. The van der Waals surface area contributed by atoms with Crippen molar-refractivity contribution in [1.82, 2.24) is 0 Å². The van der Waals surface area contributed by atoms with Crippen LogP contribution in [0.5, 0.6) is 5.75 Å². The number of carbonyl (C=O) groups excluding carboxylic acids is 2. The van der Waals surface area contributed by atoms with Crippen LogP contribution in [-0.2, 0) is 14.3 Å². The molecule has 120 valence electrons. The molecule has 0 aliphatic heterocycles. The predicted molar refractivity (Wildman–Crippen MR) is 82.5 cm³/mol. The summed E-state index contributed by atoms with van der Waals surface area (Å²) in [5.41, 5.74) is 0.417. The number of anilines is 1. The summed E-state index contributed by atoms with van der Waals surface area (Å²) in [4.78, 5) is 23.5. The van der Waals surface area contributed by atoms with Gasteiger partial charge in [-0.05, 0) is 43.3 Å². The molecule has 0 fully saturated rings. The lowest BCUT2D eigenvalue weighted by molar-refractivity contribution is -0.155. The zero-order valence-corrected chi connectivity index (χ0v) is 12.5. The fraction of sp³-hybridized carbons (Fsp3) is 0.176. The number of hydrogen-bond acceptors (Lipinski definition) is 4. The van der Waals surface area contributed by atoms with Crippen LogP contribution in [0.25, 0.3) is 0 Å². The summed E-state index contributed by atoms with van der Waals surface area (Å²) in [5.74, 6) is -1.03. The number of hydrogen-bond donors (Lipinski definition) is 1. The second-order valence-corrected chi connectivity index (χ2v) is 4.73. The van der Waals surface area contributed by atoms with Crippen molar-refractivity contribution < 1.29 is 23.5 Å². The van der Waals surface area contributed by atoms with Crippen LogP contribution < -0.4 is 10.1 Å². The van der Waals surface area contributed by atoms with E-state index in [1.54, 1.807) is 24.3 Å². The van der Waals surface area contributed by atoms with E-state index in [0.717, 1.165) is 0 Å². The summed E-state index contributed by atoms with van der Waals surface area (Å²) in [5, 5.41) is 2.52. The topological polar surface area (TPSA) is 64.6 Å². The van der Waals surface area contributed by atoms with E-state index in [1.807, 2.05) is 6.07 Å². The normalized spacial score (nSPS) is 11.4. The highest BCUT2D eigenvalue weighted by Gasteiger charge is 2.18. The predicted octanol–water partition coefficient (Wildman–Crippen LogP) is 2.77. The molecule has 0 unspecified atom stereocenters. The van der Waals surface area contributed by atoms with Gasteiger partial charge in [-0.1, -0.05) is 18.2 Å². The van der Waals surface area contributed by atoms with Crippen molar-refractivity contribution in [2.24, 2.45) is 0 Å². The van der Waals surface area contributed by atoms with Gasteiger partial charge in [0.15, 0.2) is 12.7 Å². The van der Waals surface area contributed by atoms with Crippen LogP contribution in [0.15, 0.2) is 54.6 Å². The maximum Gasteiger partial charge on any atom is 0.344 e. The van der Waals surface area contributed by atoms with E-state index in [2.05, 4.69) is 5.32 Å².